The van der Waals surface area contributed by atoms with Crippen LogP contribution in [0.1, 0.15) is 124 Å². The van der Waals surface area contributed by atoms with E-state index in [1.165, 1.54) is 36.1 Å². The third-order valence-corrected chi connectivity index (χ3v) is 12.4. The predicted octanol–water partition coefficient (Wildman–Crippen LogP) is 14.6. The molecule has 1 aliphatic rings. The van der Waals surface area contributed by atoms with Crippen LogP contribution in [-0.4, -0.2) is 52.6 Å². The van der Waals surface area contributed by atoms with Crippen LogP contribution in [0.15, 0.2) is 97.6 Å². The number of methoxy groups -OCH3 is 2. The van der Waals surface area contributed by atoms with Gasteiger partial charge in [-0.2, -0.15) is 11.8 Å². The van der Waals surface area contributed by atoms with Gasteiger partial charge in [-0.25, -0.2) is 0 Å². The monoisotopic (exact) mass is 934 g/mol. The number of anilines is 3. The molecule has 0 aromatic heterocycles. The van der Waals surface area contributed by atoms with Gasteiger partial charge in [-0.15, -0.1) is 0 Å². The van der Waals surface area contributed by atoms with E-state index >= 15 is 0 Å². The SMILES string of the molecule is C.C=C(c1cc(OC)c(OCc2cc(COc3cc(NN(C)c4ccccc4CC)c(C=O)cc3OC)cc(CSC(C)COCC)c2)cc1C)N1CCc2ccccc21.CC.CCCCC. The molecule has 0 fully saturated rings. The van der Waals surface area contributed by atoms with Crippen LogP contribution < -0.4 is 34.3 Å². The van der Waals surface area contributed by atoms with Gasteiger partial charge >= 0.3 is 0 Å². The normalized spacial score (nSPS) is 11.7. The largest absolute Gasteiger partial charge is 0.493 e. The highest BCUT2D eigenvalue weighted by molar-refractivity contribution is 7.99. The Hall–Kier alpha value is -5.58. The molecular formula is C57H79N3O6S. The average Bonchev–Trinajstić information content (AvgIpc) is 3.79. The molecule has 5 aromatic carbocycles. The maximum atomic E-state index is 12.2. The molecule has 1 heterocycles. The van der Waals surface area contributed by atoms with Crippen LogP contribution in [0.4, 0.5) is 17.1 Å². The first-order valence-corrected chi connectivity index (χ1v) is 24.7. The molecule has 0 saturated carbocycles. The van der Waals surface area contributed by atoms with E-state index in [4.69, 9.17) is 23.7 Å². The number of nitrogens with zero attached hydrogens (tertiary/aromatic N) is 2. The van der Waals surface area contributed by atoms with Crippen molar-refractivity contribution in [2.24, 2.45) is 0 Å². The summed E-state index contributed by atoms with van der Waals surface area (Å²) in [6, 6.07) is 30.8. The molecule has 0 spiro atoms. The molecule has 67 heavy (non-hydrogen) atoms. The lowest BCUT2D eigenvalue weighted by Crippen LogP contribution is -2.26. The molecule has 1 N–H and O–H groups in total. The van der Waals surface area contributed by atoms with Crippen LogP contribution >= 0.6 is 11.8 Å². The molecule has 0 saturated heterocycles. The van der Waals surface area contributed by atoms with Crippen molar-refractivity contribution in [3.05, 3.63) is 142 Å². The van der Waals surface area contributed by atoms with Crippen LogP contribution in [0.5, 0.6) is 23.0 Å². The number of para-hydroxylation sites is 2. The Morgan fingerprint density at radius 3 is 2.06 bits per heavy atom. The number of nitrogens with one attached hydrogen (secondary N) is 1. The van der Waals surface area contributed by atoms with Gasteiger partial charge in [-0.1, -0.05) is 123 Å². The van der Waals surface area contributed by atoms with Crippen LogP contribution in [0.25, 0.3) is 5.70 Å². The highest BCUT2D eigenvalue weighted by Gasteiger charge is 2.24. The number of aryl methyl sites for hydroxylation is 2. The van der Waals surface area contributed by atoms with Crippen LogP contribution in [0.2, 0.25) is 0 Å². The Balaban J connectivity index is 0.00000139. The van der Waals surface area contributed by atoms with Gasteiger partial charge in [0.15, 0.2) is 29.3 Å². The lowest BCUT2D eigenvalue weighted by atomic mass is 10.0. The van der Waals surface area contributed by atoms with Gasteiger partial charge in [-0.3, -0.25) is 15.2 Å². The van der Waals surface area contributed by atoms with E-state index in [1.54, 1.807) is 20.3 Å². The summed E-state index contributed by atoms with van der Waals surface area (Å²) in [5.41, 5.74) is 15.4. The minimum atomic E-state index is 0. The minimum Gasteiger partial charge on any atom is -0.493 e. The predicted molar refractivity (Wildman–Crippen MR) is 286 cm³/mol. The van der Waals surface area contributed by atoms with E-state index in [1.807, 2.05) is 74.9 Å². The number of thioether (sulfide) groups is 1. The molecule has 1 unspecified atom stereocenters. The number of rotatable bonds is 23. The molecule has 0 amide bonds. The number of unbranched alkanes of at least 4 members (excludes halogenated alkanes) is 2. The molecule has 1 atom stereocenters. The Morgan fingerprint density at radius 1 is 0.836 bits per heavy atom. The zero-order valence-electron chi connectivity index (χ0n) is 41.6. The maximum absolute atomic E-state index is 12.2. The van der Waals surface area contributed by atoms with Crippen LogP contribution in [0.3, 0.4) is 0 Å². The summed E-state index contributed by atoms with van der Waals surface area (Å²) < 4.78 is 30.3. The van der Waals surface area contributed by atoms with Gasteiger partial charge in [0.1, 0.15) is 13.2 Å². The third-order valence-electron chi connectivity index (χ3n) is 11.2. The minimum absolute atomic E-state index is 0. The molecule has 1 aliphatic heterocycles. The second-order valence-electron chi connectivity index (χ2n) is 16.0. The third kappa shape index (κ3) is 15.8. The van der Waals surface area contributed by atoms with E-state index in [9.17, 15) is 4.79 Å². The number of ether oxygens (including phenoxy) is 5. The topological polar surface area (TPSA) is 81.7 Å². The second-order valence-corrected chi connectivity index (χ2v) is 17.5. The van der Waals surface area contributed by atoms with Crippen molar-refractivity contribution < 1.29 is 28.5 Å². The van der Waals surface area contributed by atoms with E-state index < -0.39 is 0 Å². The van der Waals surface area contributed by atoms with Gasteiger partial charge in [0, 0.05) is 59.8 Å². The Morgan fingerprint density at radius 2 is 1.45 bits per heavy atom. The molecule has 0 bridgehead atoms. The highest BCUT2D eigenvalue weighted by atomic mass is 32.2. The number of fused-ring (bicyclic) bond motifs is 1. The summed E-state index contributed by atoms with van der Waals surface area (Å²) in [6.45, 7) is 24.2. The number of carbonyl (C=O) groups is 1. The summed E-state index contributed by atoms with van der Waals surface area (Å²) in [5, 5.41) is 2.25. The van der Waals surface area contributed by atoms with Crippen molar-refractivity contribution in [3.63, 3.8) is 0 Å². The molecule has 0 radical (unpaired) electrons. The lowest BCUT2D eigenvalue weighted by Gasteiger charge is -2.25. The van der Waals surface area contributed by atoms with Gasteiger partial charge in [0.05, 0.1) is 32.2 Å². The smallest absolute Gasteiger partial charge is 0.163 e. The van der Waals surface area contributed by atoms with E-state index in [0.29, 0.717) is 59.3 Å². The standard InChI is InChI=1S/C49H57N3O6S.C5H12.C2H6.CH4/c1-9-39-15-11-13-17-44(39)51(6)50-43-27-49(46(54-7)25-41(43)28-53)58-31-37-22-36(23-38(24-37)32-59-34(4)29-56-10-2)30-57-48-21-33(3)42(26-47(48)55-8)35(5)52-20-19-40-16-12-14-18-45(40)52;1-3-5-4-2;1-2;/h11-18,21-28,34,50H,5,9-10,19-20,29-32H2,1-4,6-8H3;3-5H2,1-2H3;1-2H3;1H4. The summed E-state index contributed by atoms with van der Waals surface area (Å²) >= 11 is 1.85. The molecule has 6 rings (SSSR count). The molecule has 364 valence electrons. The Bertz CT molecular complexity index is 2290. The van der Waals surface area contributed by atoms with Crippen molar-refractivity contribution in [3.8, 4) is 23.0 Å². The number of aldehydes is 1. The lowest BCUT2D eigenvalue weighted by molar-refractivity contribution is 0.112. The van der Waals surface area contributed by atoms with Gasteiger partial charge in [-0.05, 0) is 96.5 Å². The van der Waals surface area contributed by atoms with Gasteiger partial charge < -0.3 is 28.6 Å². The molecule has 5 aromatic rings. The second kappa shape index (κ2) is 29.2. The summed E-state index contributed by atoms with van der Waals surface area (Å²) in [7, 11) is 5.19. The van der Waals surface area contributed by atoms with Gasteiger partial charge in [0.25, 0.3) is 0 Å². The van der Waals surface area contributed by atoms with Crippen molar-refractivity contribution in [2.45, 2.75) is 119 Å². The molecular weight excluding hydrogens is 855 g/mol. The fourth-order valence-electron chi connectivity index (χ4n) is 7.76. The van der Waals surface area contributed by atoms with Crippen molar-refractivity contribution in [2.75, 3.05) is 56.4 Å². The van der Waals surface area contributed by atoms with Crippen molar-refractivity contribution in [1.82, 2.24) is 0 Å². The molecule has 9 nitrogen and oxygen atoms in total. The Kier molecular flexibility index (Phi) is 24.3. The first kappa shape index (κ1) is 55.7. The zero-order valence-corrected chi connectivity index (χ0v) is 42.4. The fraction of sp³-hybridized carbons (Fsp3) is 0.421. The highest BCUT2D eigenvalue weighted by Crippen LogP contribution is 2.39. The molecule has 0 aliphatic carbocycles. The number of hydrazine groups is 1. The average molecular weight is 934 g/mol. The van der Waals surface area contributed by atoms with Crippen LogP contribution in [-0.2, 0) is 36.5 Å². The number of hydrogen-bond acceptors (Lipinski definition) is 10. The number of benzene rings is 5. The summed E-state index contributed by atoms with van der Waals surface area (Å²) in [6.07, 6.45) is 6.77. The first-order chi connectivity index (χ1) is 32.1. The number of carbonyl (C=O) groups excluding carboxylic acids is 1. The first-order valence-electron chi connectivity index (χ1n) is 23.6. The summed E-state index contributed by atoms with van der Waals surface area (Å²) in [5.74, 6) is 3.10. The molecule has 10 heteroatoms. The quantitative estimate of drug-likeness (QED) is 0.0505. The zero-order chi connectivity index (χ0) is 48.0. The van der Waals surface area contributed by atoms with Crippen LogP contribution in [0, 0.1) is 6.92 Å². The van der Waals surface area contributed by atoms with E-state index in [2.05, 4.69) is 106 Å². The van der Waals surface area contributed by atoms with Crippen molar-refractivity contribution >= 4 is 40.8 Å². The maximum Gasteiger partial charge on any atom is 0.163 e. The van der Waals surface area contributed by atoms with Gasteiger partial charge in [0.2, 0.25) is 0 Å². The van der Waals surface area contributed by atoms with Crippen molar-refractivity contribution in [1.29, 1.82) is 0 Å². The Labute approximate surface area is 408 Å². The fourth-order valence-corrected chi connectivity index (χ4v) is 8.60. The number of hydrogen-bond donors (Lipinski definition) is 1. The summed E-state index contributed by atoms with van der Waals surface area (Å²) in [4.78, 5) is 14.5. The van der Waals surface area contributed by atoms with E-state index in [0.717, 1.165) is 70.6 Å². The van der Waals surface area contributed by atoms with E-state index in [-0.39, 0.29) is 14.0 Å².